The largest absolute Gasteiger partial charge is 0.491 e. The molecule has 0 atom stereocenters. The minimum Gasteiger partial charge on any atom is -0.491 e. The number of benzene rings is 1. The number of alkyl halides is 3. The number of unbranched alkanes of at least 4 members (excludes halogenated alkanes) is 2. The number of ether oxygens (including phenoxy) is 2. The number of hydrogen-bond donors (Lipinski definition) is 1. The summed E-state index contributed by atoms with van der Waals surface area (Å²) in [7, 11) is 0. The van der Waals surface area contributed by atoms with E-state index in [1.165, 1.54) is 23.6 Å². The molecule has 1 heterocycles. The van der Waals surface area contributed by atoms with Crippen molar-refractivity contribution in [3.05, 3.63) is 35.0 Å². The standard InChI is InChI=1S/C21H28F3NO3S/c1-4-5-6-9-27-10-11-28-17-8-7-15(12-16(17)21(22,23)24)18-13-25-19(29-18)20(2,3)14-26/h7-8,12-13,26H,4-6,9-11,14H2,1-3H3. The van der Waals surface area contributed by atoms with E-state index in [-0.39, 0.29) is 25.6 Å². The van der Waals surface area contributed by atoms with Gasteiger partial charge in [0.15, 0.2) is 0 Å². The first-order valence-corrected chi connectivity index (χ1v) is 10.5. The molecule has 1 N–H and O–H groups in total. The summed E-state index contributed by atoms with van der Waals surface area (Å²) in [5.74, 6) is -0.209. The molecule has 0 fully saturated rings. The Hall–Kier alpha value is -1.64. The van der Waals surface area contributed by atoms with Gasteiger partial charge >= 0.3 is 6.18 Å². The van der Waals surface area contributed by atoms with Gasteiger partial charge in [0, 0.05) is 18.2 Å². The van der Waals surface area contributed by atoms with E-state index in [2.05, 4.69) is 11.9 Å². The Morgan fingerprint density at radius 3 is 2.52 bits per heavy atom. The summed E-state index contributed by atoms with van der Waals surface area (Å²) in [6, 6.07) is 4.02. The molecule has 2 rings (SSSR count). The summed E-state index contributed by atoms with van der Waals surface area (Å²) in [5.41, 5.74) is -0.953. The molecule has 4 nitrogen and oxygen atoms in total. The number of aliphatic hydroxyl groups excluding tert-OH is 1. The molecule has 0 bridgehead atoms. The van der Waals surface area contributed by atoms with E-state index in [1.54, 1.807) is 6.07 Å². The predicted octanol–water partition coefficient (Wildman–Crippen LogP) is 5.68. The third kappa shape index (κ3) is 6.69. The third-order valence-electron chi connectivity index (χ3n) is 4.43. The van der Waals surface area contributed by atoms with Crippen molar-refractivity contribution in [2.24, 2.45) is 0 Å². The van der Waals surface area contributed by atoms with Gasteiger partial charge in [-0.15, -0.1) is 11.3 Å². The van der Waals surface area contributed by atoms with Crippen LogP contribution in [0.1, 0.15) is 50.6 Å². The Morgan fingerprint density at radius 1 is 1.10 bits per heavy atom. The van der Waals surface area contributed by atoms with Crippen molar-refractivity contribution in [2.75, 3.05) is 26.4 Å². The first-order chi connectivity index (χ1) is 13.7. The van der Waals surface area contributed by atoms with E-state index in [9.17, 15) is 18.3 Å². The fourth-order valence-electron chi connectivity index (χ4n) is 2.59. The lowest BCUT2D eigenvalue weighted by Crippen LogP contribution is -2.21. The van der Waals surface area contributed by atoms with Crippen molar-refractivity contribution in [3.63, 3.8) is 0 Å². The van der Waals surface area contributed by atoms with Gasteiger partial charge in [-0.2, -0.15) is 13.2 Å². The zero-order chi connectivity index (χ0) is 21.5. The first kappa shape index (κ1) is 23.6. The maximum Gasteiger partial charge on any atom is 0.419 e. The fourth-order valence-corrected chi connectivity index (χ4v) is 3.59. The second-order valence-electron chi connectivity index (χ2n) is 7.45. The monoisotopic (exact) mass is 431 g/mol. The topological polar surface area (TPSA) is 51.6 Å². The van der Waals surface area contributed by atoms with Crippen LogP contribution in [-0.2, 0) is 16.3 Å². The Bertz CT molecular complexity index is 775. The molecule has 162 valence electrons. The van der Waals surface area contributed by atoms with Gasteiger partial charge < -0.3 is 14.6 Å². The van der Waals surface area contributed by atoms with Gasteiger partial charge in [0.1, 0.15) is 17.4 Å². The van der Waals surface area contributed by atoms with Crippen molar-refractivity contribution in [2.45, 2.75) is 51.6 Å². The van der Waals surface area contributed by atoms with Gasteiger partial charge in [-0.25, -0.2) is 4.98 Å². The van der Waals surface area contributed by atoms with Crippen molar-refractivity contribution in [1.82, 2.24) is 4.98 Å². The molecule has 0 aliphatic heterocycles. The number of thiazole rings is 1. The number of aromatic nitrogens is 1. The Morgan fingerprint density at radius 2 is 1.86 bits per heavy atom. The molecule has 0 radical (unpaired) electrons. The van der Waals surface area contributed by atoms with Crippen LogP contribution < -0.4 is 4.74 Å². The van der Waals surface area contributed by atoms with E-state index in [0.29, 0.717) is 22.1 Å². The smallest absolute Gasteiger partial charge is 0.419 e. The molecule has 2 aromatic rings. The summed E-state index contributed by atoms with van der Waals surface area (Å²) in [6.07, 6.45) is 0.0843. The highest BCUT2D eigenvalue weighted by atomic mass is 32.1. The molecular weight excluding hydrogens is 403 g/mol. The van der Waals surface area contributed by atoms with Gasteiger partial charge in [-0.1, -0.05) is 33.6 Å². The maximum absolute atomic E-state index is 13.6. The van der Waals surface area contributed by atoms with Crippen LogP contribution in [0.15, 0.2) is 24.4 Å². The lowest BCUT2D eigenvalue weighted by molar-refractivity contribution is -0.139. The van der Waals surface area contributed by atoms with Crippen molar-refractivity contribution in [3.8, 4) is 16.2 Å². The summed E-state index contributed by atoms with van der Waals surface area (Å²) in [5, 5.41) is 10.1. The Kier molecular flexibility index (Phi) is 8.48. The molecule has 8 heteroatoms. The van der Waals surface area contributed by atoms with Crippen LogP contribution in [0.2, 0.25) is 0 Å². The minimum absolute atomic E-state index is 0.0595. The van der Waals surface area contributed by atoms with Crippen LogP contribution in [0.4, 0.5) is 13.2 Å². The van der Waals surface area contributed by atoms with Gasteiger partial charge in [0.05, 0.1) is 23.7 Å². The molecule has 29 heavy (non-hydrogen) atoms. The molecule has 0 aliphatic rings. The number of halogens is 3. The summed E-state index contributed by atoms with van der Waals surface area (Å²) in [4.78, 5) is 4.88. The summed E-state index contributed by atoms with van der Waals surface area (Å²) < 4.78 is 51.4. The van der Waals surface area contributed by atoms with Crippen LogP contribution in [0.25, 0.3) is 10.4 Å². The second kappa shape index (κ2) is 10.4. The highest BCUT2D eigenvalue weighted by Gasteiger charge is 2.35. The molecule has 0 aliphatic carbocycles. The zero-order valence-corrected chi connectivity index (χ0v) is 17.8. The zero-order valence-electron chi connectivity index (χ0n) is 17.0. The molecular formula is C21H28F3NO3S. The molecule has 0 amide bonds. The molecule has 0 saturated carbocycles. The van der Waals surface area contributed by atoms with Crippen molar-refractivity contribution in [1.29, 1.82) is 0 Å². The normalized spacial score (nSPS) is 12.4. The number of nitrogens with zero attached hydrogens (tertiary/aromatic N) is 1. The third-order valence-corrected chi connectivity index (χ3v) is 5.84. The van der Waals surface area contributed by atoms with E-state index in [4.69, 9.17) is 9.47 Å². The number of aliphatic hydroxyl groups is 1. The lowest BCUT2D eigenvalue weighted by atomic mass is 9.96. The predicted molar refractivity (Wildman–Crippen MR) is 109 cm³/mol. The van der Waals surface area contributed by atoms with Gasteiger partial charge in [-0.05, 0) is 30.2 Å². The summed E-state index contributed by atoms with van der Waals surface area (Å²) in [6.45, 7) is 6.55. The van der Waals surface area contributed by atoms with Crippen LogP contribution in [0.5, 0.6) is 5.75 Å². The lowest BCUT2D eigenvalue weighted by Gasteiger charge is -2.17. The molecule has 0 unspecified atom stereocenters. The molecule has 0 saturated heterocycles. The average molecular weight is 432 g/mol. The number of hydrogen-bond acceptors (Lipinski definition) is 5. The van der Waals surface area contributed by atoms with Crippen LogP contribution in [0, 0.1) is 0 Å². The quantitative estimate of drug-likeness (QED) is 0.465. The SMILES string of the molecule is CCCCCOCCOc1ccc(-c2cnc(C(C)(C)CO)s2)cc1C(F)(F)F. The highest BCUT2D eigenvalue weighted by molar-refractivity contribution is 7.15. The highest BCUT2D eigenvalue weighted by Crippen LogP contribution is 2.40. The van der Waals surface area contributed by atoms with Crippen LogP contribution in [-0.4, -0.2) is 36.5 Å². The van der Waals surface area contributed by atoms with E-state index in [1.807, 2.05) is 13.8 Å². The van der Waals surface area contributed by atoms with E-state index in [0.717, 1.165) is 25.3 Å². The van der Waals surface area contributed by atoms with Crippen molar-refractivity contribution < 1.29 is 27.8 Å². The summed E-state index contributed by atoms with van der Waals surface area (Å²) >= 11 is 1.27. The maximum atomic E-state index is 13.6. The molecule has 1 aromatic carbocycles. The molecule has 0 spiro atoms. The Balaban J connectivity index is 2.12. The first-order valence-electron chi connectivity index (χ1n) is 9.68. The van der Waals surface area contributed by atoms with Gasteiger partial charge in [-0.3, -0.25) is 0 Å². The Labute approximate surface area is 173 Å². The van der Waals surface area contributed by atoms with Crippen molar-refractivity contribution >= 4 is 11.3 Å². The van der Waals surface area contributed by atoms with E-state index < -0.39 is 17.2 Å². The van der Waals surface area contributed by atoms with Gasteiger partial charge in [0.2, 0.25) is 0 Å². The van der Waals surface area contributed by atoms with Crippen LogP contribution in [0.3, 0.4) is 0 Å². The second-order valence-corrected chi connectivity index (χ2v) is 8.48. The average Bonchev–Trinajstić information content (AvgIpc) is 3.18. The minimum atomic E-state index is -4.54. The van der Waals surface area contributed by atoms with Gasteiger partial charge in [0.25, 0.3) is 0 Å². The van der Waals surface area contributed by atoms with E-state index >= 15 is 0 Å². The number of rotatable bonds is 11. The fraction of sp³-hybridized carbons (Fsp3) is 0.571. The van der Waals surface area contributed by atoms with Crippen LogP contribution >= 0.6 is 11.3 Å². The molecule has 1 aromatic heterocycles.